The lowest BCUT2D eigenvalue weighted by atomic mass is 10.0. The molecule has 2 aliphatic rings. The predicted molar refractivity (Wildman–Crippen MR) is 74.8 cm³/mol. The summed E-state index contributed by atoms with van der Waals surface area (Å²) in [6, 6.07) is 3.81. The molecule has 19 heavy (non-hydrogen) atoms. The van der Waals surface area contributed by atoms with Crippen LogP contribution in [0.15, 0.2) is 16.7 Å². The summed E-state index contributed by atoms with van der Waals surface area (Å²) in [7, 11) is 0. The molecule has 2 heterocycles. The van der Waals surface area contributed by atoms with Crippen LogP contribution >= 0.6 is 15.9 Å². The van der Waals surface area contributed by atoms with Crippen molar-refractivity contribution >= 4 is 27.7 Å². The van der Waals surface area contributed by atoms with E-state index in [1.54, 1.807) is 0 Å². The summed E-state index contributed by atoms with van der Waals surface area (Å²) < 4.78 is 0.697. The Labute approximate surface area is 119 Å². The van der Waals surface area contributed by atoms with Crippen LogP contribution in [-0.2, 0) is 4.79 Å². The molecule has 1 saturated carbocycles. The van der Waals surface area contributed by atoms with E-state index in [4.69, 9.17) is 0 Å². The fourth-order valence-electron chi connectivity index (χ4n) is 2.76. The quantitative estimate of drug-likeness (QED) is 0.730. The van der Waals surface area contributed by atoms with Crippen molar-refractivity contribution in [1.82, 2.24) is 10.3 Å². The maximum Gasteiger partial charge on any atom is 0.242 e. The first-order valence-corrected chi connectivity index (χ1v) is 7.14. The van der Waals surface area contributed by atoms with Gasteiger partial charge in [-0.1, -0.05) is 6.07 Å². The van der Waals surface area contributed by atoms with E-state index in [0.29, 0.717) is 22.9 Å². The molecule has 0 spiro atoms. The van der Waals surface area contributed by atoms with Gasteiger partial charge in [-0.2, -0.15) is 0 Å². The molecule has 0 aromatic carbocycles. The van der Waals surface area contributed by atoms with Crippen LogP contribution in [0, 0.1) is 12.3 Å². The highest BCUT2D eigenvalue weighted by Crippen LogP contribution is 2.54. The van der Waals surface area contributed by atoms with E-state index in [9.17, 15) is 9.90 Å². The highest BCUT2D eigenvalue weighted by molar-refractivity contribution is 9.10. The van der Waals surface area contributed by atoms with Gasteiger partial charge < -0.3 is 15.7 Å². The second-order valence-corrected chi connectivity index (χ2v) is 6.30. The van der Waals surface area contributed by atoms with Crippen LogP contribution < -0.4 is 10.6 Å². The molecule has 2 fully saturated rings. The van der Waals surface area contributed by atoms with Crippen molar-refractivity contribution in [2.45, 2.75) is 31.8 Å². The Bertz CT molecular complexity index is 533. The minimum atomic E-state index is -0.230. The van der Waals surface area contributed by atoms with Crippen LogP contribution in [0.25, 0.3) is 0 Å². The smallest absolute Gasteiger partial charge is 0.242 e. The Balaban J connectivity index is 1.68. The molecule has 0 bridgehead atoms. The van der Waals surface area contributed by atoms with Crippen LogP contribution in [-0.4, -0.2) is 34.7 Å². The average Bonchev–Trinajstić information content (AvgIpc) is 2.96. The summed E-state index contributed by atoms with van der Waals surface area (Å²) in [5.74, 6) is 0.508. The van der Waals surface area contributed by atoms with Gasteiger partial charge in [0.2, 0.25) is 5.91 Å². The summed E-state index contributed by atoms with van der Waals surface area (Å²) in [5, 5.41) is 15.5. The van der Waals surface area contributed by atoms with Crippen LogP contribution in [0.5, 0.6) is 0 Å². The molecule has 5 nitrogen and oxygen atoms in total. The topological polar surface area (TPSA) is 74.2 Å². The molecule has 1 aromatic rings. The van der Waals surface area contributed by atoms with E-state index in [0.717, 1.165) is 12.0 Å². The zero-order valence-corrected chi connectivity index (χ0v) is 12.2. The Morgan fingerprint density at radius 2 is 2.42 bits per heavy atom. The van der Waals surface area contributed by atoms with E-state index in [-0.39, 0.29) is 24.0 Å². The van der Waals surface area contributed by atoms with Crippen LogP contribution in [0.3, 0.4) is 0 Å². The number of rotatable bonds is 3. The zero-order valence-electron chi connectivity index (χ0n) is 10.6. The normalized spacial score (nSPS) is 31.9. The van der Waals surface area contributed by atoms with Crippen molar-refractivity contribution in [2.24, 2.45) is 5.41 Å². The third kappa shape index (κ3) is 2.28. The Kier molecular flexibility index (Phi) is 3.11. The van der Waals surface area contributed by atoms with E-state index in [2.05, 4.69) is 31.5 Å². The van der Waals surface area contributed by atoms with Crippen LogP contribution in [0.2, 0.25) is 0 Å². The van der Waals surface area contributed by atoms with Gasteiger partial charge in [0.15, 0.2) is 0 Å². The van der Waals surface area contributed by atoms with Gasteiger partial charge in [-0.15, -0.1) is 0 Å². The molecular formula is C13H16BrN3O2. The van der Waals surface area contributed by atoms with Gasteiger partial charge in [0.1, 0.15) is 10.4 Å². The maximum absolute atomic E-state index is 12.2. The summed E-state index contributed by atoms with van der Waals surface area (Å²) in [6.45, 7) is 2.06. The van der Waals surface area contributed by atoms with Crippen molar-refractivity contribution in [2.75, 3.05) is 11.9 Å². The molecule has 3 rings (SSSR count). The Morgan fingerprint density at radius 3 is 3.11 bits per heavy atom. The highest BCUT2D eigenvalue weighted by Gasteiger charge is 2.61. The number of aromatic nitrogens is 1. The van der Waals surface area contributed by atoms with Crippen LogP contribution in [0.1, 0.15) is 18.4 Å². The number of halogens is 1. The third-order valence-corrected chi connectivity index (χ3v) is 4.58. The number of carbonyl (C=O) groups excluding carboxylic acids is 1. The second-order valence-electron chi connectivity index (χ2n) is 5.49. The van der Waals surface area contributed by atoms with Crippen molar-refractivity contribution in [3.05, 3.63) is 22.3 Å². The van der Waals surface area contributed by atoms with Crippen molar-refractivity contribution in [3.63, 3.8) is 0 Å². The lowest BCUT2D eigenvalue weighted by molar-refractivity contribution is -0.118. The average molecular weight is 326 g/mol. The number of aryl methyl sites for hydroxylation is 1. The molecule has 1 amide bonds. The summed E-state index contributed by atoms with van der Waals surface area (Å²) >= 11 is 3.29. The molecule has 0 unspecified atom stereocenters. The minimum absolute atomic E-state index is 0.0538. The highest BCUT2D eigenvalue weighted by atomic mass is 79.9. The van der Waals surface area contributed by atoms with Gasteiger partial charge in [-0.3, -0.25) is 4.79 Å². The monoisotopic (exact) mass is 325 g/mol. The first-order chi connectivity index (χ1) is 9.04. The van der Waals surface area contributed by atoms with Gasteiger partial charge in [0, 0.05) is 11.5 Å². The minimum Gasteiger partial charge on any atom is -0.396 e. The molecule has 1 aliphatic heterocycles. The molecule has 1 aromatic heterocycles. The molecule has 6 heteroatoms. The fraction of sp³-hybridized carbons (Fsp3) is 0.538. The maximum atomic E-state index is 12.2. The predicted octanol–water partition coefficient (Wildman–Crippen LogP) is 1.20. The molecular weight excluding hydrogens is 310 g/mol. The van der Waals surface area contributed by atoms with Crippen molar-refractivity contribution < 1.29 is 9.90 Å². The van der Waals surface area contributed by atoms with Crippen molar-refractivity contribution in [3.8, 4) is 0 Å². The number of anilines is 1. The number of amides is 1. The van der Waals surface area contributed by atoms with Crippen molar-refractivity contribution in [1.29, 1.82) is 0 Å². The number of hydrogen-bond donors (Lipinski definition) is 3. The molecule has 0 radical (unpaired) electrons. The third-order valence-electron chi connectivity index (χ3n) is 4.14. The summed E-state index contributed by atoms with van der Waals surface area (Å²) in [4.78, 5) is 16.5. The number of piperidine rings is 1. The number of carbonyl (C=O) groups is 1. The standard InChI is InChI=1S/C13H16BrN3O2/c1-7-2-3-10(14)16-11(7)17-12(19)8-4-13(6-18)5-9(13)15-8/h2-3,8-9,15,18H,4-6H2,1H3,(H,16,17,19)/t8-,9+,13-/m0/s1. The second kappa shape index (κ2) is 4.54. The molecule has 3 N–H and O–H groups in total. The number of hydrogen-bond acceptors (Lipinski definition) is 4. The SMILES string of the molecule is Cc1ccc(Br)nc1NC(=O)[C@@H]1C[C@@]2(CO)C[C@H]2N1. The van der Waals surface area contributed by atoms with E-state index >= 15 is 0 Å². The molecule has 1 saturated heterocycles. The van der Waals surface area contributed by atoms with Gasteiger partial charge in [0.05, 0.1) is 12.6 Å². The first kappa shape index (κ1) is 13.0. The van der Waals surface area contributed by atoms with Gasteiger partial charge in [-0.25, -0.2) is 4.98 Å². The zero-order chi connectivity index (χ0) is 13.6. The van der Waals surface area contributed by atoms with E-state index in [1.165, 1.54) is 0 Å². The van der Waals surface area contributed by atoms with E-state index < -0.39 is 0 Å². The lowest BCUT2D eigenvalue weighted by Gasteiger charge is -2.15. The van der Waals surface area contributed by atoms with Gasteiger partial charge in [-0.05, 0) is 47.3 Å². The number of nitrogens with zero attached hydrogens (tertiary/aromatic N) is 1. The largest absolute Gasteiger partial charge is 0.396 e. The van der Waals surface area contributed by atoms with E-state index in [1.807, 2.05) is 19.1 Å². The molecule has 102 valence electrons. The Hall–Kier alpha value is -0.980. The first-order valence-electron chi connectivity index (χ1n) is 6.35. The summed E-state index contributed by atoms with van der Waals surface area (Å²) in [6.07, 6.45) is 1.68. The molecule has 1 aliphatic carbocycles. The summed E-state index contributed by atoms with van der Waals surface area (Å²) in [5.41, 5.74) is 0.874. The van der Waals surface area contributed by atoms with Gasteiger partial charge in [0.25, 0.3) is 0 Å². The lowest BCUT2D eigenvalue weighted by Crippen LogP contribution is -2.38. The molecule has 3 atom stereocenters. The fourth-order valence-corrected chi connectivity index (χ4v) is 3.07. The number of nitrogens with one attached hydrogen (secondary N) is 2. The number of pyridine rings is 1. The number of fused-ring (bicyclic) bond motifs is 1. The van der Waals surface area contributed by atoms with Crippen LogP contribution in [0.4, 0.5) is 5.82 Å². The number of aliphatic hydroxyl groups is 1. The Morgan fingerprint density at radius 1 is 1.63 bits per heavy atom. The number of aliphatic hydroxyl groups excluding tert-OH is 1. The van der Waals surface area contributed by atoms with Gasteiger partial charge >= 0.3 is 0 Å².